The van der Waals surface area contributed by atoms with Crippen molar-refractivity contribution in [2.45, 2.75) is 83.8 Å². The standard InChI is InChI=1S/C17H32N2O/c1-4-18(5-2)11-7-8-14(3)19-15-9-6-10-16(19)13-17(20)12-15/h14-16H,4-13H2,1-3H3. The van der Waals surface area contributed by atoms with Crippen molar-refractivity contribution in [2.24, 2.45) is 0 Å². The fourth-order valence-corrected chi connectivity index (χ4v) is 4.23. The van der Waals surface area contributed by atoms with Gasteiger partial charge in [-0.15, -0.1) is 0 Å². The average Bonchev–Trinajstić information content (AvgIpc) is 2.42. The van der Waals surface area contributed by atoms with E-state index in [1.54, 1.807) is 0 Å². The summed E-state index contributed by atoms with van der Waals surface area (Å²) in [6.07, 6.45) is 7.99. The normalized spacial score (nSPS) is 28.9. The molecule has 0 aromatic heterocycles. The Kier molecular flexibility index (Phi) is 6.03. The molecule has 20 heavy (non-hydrogen) atoms. The summed E-state index contributed by atoms with van der Waals surface area (Å²) in [5.41, 5.74) is 0. The third kappa shape index (κ3) is 3.82. The van der Waals surface area contributed by atoms with E-state index < -0.39 is 0 Å². The molecule has 0 aromatic carbocycles. The number of rotatable bonds is 7. The first kappa shape index (κ1) is 16.0. The second-order valence-corrected chi connectivity index (χ2v) is 6.65. The smallest absolute Gasteiger partial charge is 0.136 e. The zero-order chi connectivity index (χ0) is 14.5. The minimum Gasteiger partial charge on any atom is -0.304 e. The molecule has 0 N–H and O–H groups in total. The van der Waals surface area contributed by atoms with Gasteiger partial charge in [0.05, 0.1) is 0 Å². The Morgan fingerprint density at radius 2 is 1.80 bits per heavy atom. The molecule has 0 spiro atoms. The summed E-state index contributed by atoms with van der Waals surface area (Å²) in [6.45, 7) is 10.4. The Balaban J connectivity index is 1.82. The van der Waals surface area contributed by atoms with Crippen LogP contribution in [0.2, 0.25) is 0 Å². The van der Waals surface area contributed by atoms with Gasteiger partial charge in [0, 0.05) is 31.0 Å². The van der Waals surface area contributed by atoms with E-state index in [1.807, 2.05) is 0 Å². The quantitative estimate of drug-likeness (QED) is 0.716. The fourth-order valence-electron chi connectivity index (χ4n) is 4.23. The molecule has 2 rings (SSSR count). The Hall–Kier alpha value is -0.410. The van der Waals surface area contributed by atoms with Gasteiger partial charge in [-0.2, -0.15) is 0 Å². The molecular weight excluding hydrogens is 248 g/mol. The largest absolute Gasteiger partial charge is 0.304 e. The van der Waals surface area contributed by atoms with E-state index in [2.05, 4.69) is 30.6 Å². The van der Waals surface area contributed by atoms with Crippen molar-refractivity contribution in [1.29, 1.82) is 0 Å². The third-order valence-corrected chi connectivity index (χ3v) is 5.34. The van der Waals surface area contributed by atoms with E-state index in [9.17, 15) is 4.79 Å². The summed E-state index contributed by atoms with van der Waals surface area (Å²) in [7, 11) is 0. The molecule has 2 saturated heterocycles. The molecule has 2 heterocycles. The Labute approximate surface area is 124 Å². The highest BCUT2D eigenvalue weighted by Gasteiger charge is 2.39. The molecule has 3 nitrogen and oxygen atoms in total. The first-order chi connectivity index (χ1) is 9.65. The van der Waals surface area contributed by atoms with Crippen LogP contribution in [0.15, 0.2) is 0 Å². The second kappa shape index (κ2) is 7.56. The van der Waals surface area contributed by atoms with E-state index >= 15 is 0 Å². The molecule has 2 aliphatic rings. The maximum Gasteiger partial charge on any atom is 0.136 e. The van der Waals surface area contributed by atoms with Gasteiger partial charge in [0.25, 0.3) is 0 Å². The lowest BCUT2D eigenvalue weighted by Crippen LogP contribution is -2.55. The predicted octanol–water partition coefficient (Wildman–Crippen LogP) is 3.08. The molecule has 116 valence electrons. The van der Waals surface area contributed by atoms with Crippen molar-refractivity contribution in [1.82, 2.24) is 9.80 Å². The van der Waals surface area contributed by atoms with E-state index in [0.29, 0.717) is 23.9 Å². The first-order valence-electron chi connectivity index (χ1n) is 8.67. The van der Waals surface area contributed by atoms with Gasteiger partial charge < -0.3 is 4.90 Å². The Morgan fingerprint density at radius 1 is 1.20 bits per heavy atom. The third-order valence-electron chi connectivity index (χ3n) is 5.34. The van der Waals surface area contributed by atoms with Gasteiger partial charge in [-0.05, 0) is 52.2 Å². The molecule has 2 aliphatic heterocycles. The average molecular weight is 280 g/mol. The van der Waals surface area contributed by atoms with Crippen molar-refractivity contribution >= 4 is 5.78 Å². The number of fused-ring (bicyclic) bond motifs is 2. The number of carbonyl (C=O) groups excluding carboxylic acids is 1. The van der Waals surface area contributed by atoms with Crippen molar-refractivity contribution in [2.75, 3.05) is 19.6 Å². The number of ketones is 1. The molecule has 3 heteroatoms. The van der Waals surface area contributed by atoms with Crippen LogP contribution in [0.5, 0.6) is 0 Å². The lowest BCUT2D eigenvalue weighted by atomic mass is 9.82. The number of Topliss-reactive ketones (excluding diaryl/α,β-unsaturated/α-hetero) is 1. The highest BCUT2D eigenvalue weighted by atomic mass is 16.1. The molecule has 0 aromatic rings. The zero-order valence-corrected chi connectivity index (χ0v) is 13.6. The molecule has 0 aliphatic carbocycles. The van der Waals surface area contributed by atoms with Crippen molar-refractivity contribution in [3.05, 3.63) is 0 Å². The summed E-state index contributed by atoms with van der Waals surface area (Å²) >= 11 is 0. The summed E-state index contributed by atoms with van der Waals surface area (Å²) < 4.78 is 0. The van der Waals surface area contributed by atoms with Crippen LogP contribution in [0.4, 0.5) is 0 Å². The van der Waals surface area contributed by atoms with Crippen LogP contribution >= 0.6 is 0 Å². The van der Waals surface area contributed by atoms with Crippen LogP contribution in [0.1, 0.15) is 65.7 Å². The lowest BCUT2D eigenvalue weighted by molar-refractivity contribution is -0.128. The maximum absolute atomic E-state index is 11.8. The van der Waals surface area contributed by atoms with Crippen LogP contribution < -0.4 is 0 Å². The second-order valence-electron chi connectivity index (χ2n) is 6.65. The van der Waals surface area contributed by atoms with Crippen LogP contribution in [0.25, 0.3) is 0 Å². The molecule has 2 fully saturated rings. The van der Waals surface area contributed by atoms with E-state index in [0.717, 1.165) is 25.9 Å². The number of piperidine rings is 2. The van der Waals surface area contributed by atoms with Gasteiger partial charge in [0.15, 0.2) is 0 Å². The van der Waals surface area contributed by atoms with Crippen molar-refractivity contribution < 1.29 is 4.79 Å². The van der Waals surface area contributed by atoms with E-state index in [-0.39, 0.29) is 0 Å². The molecule has 3 atom stereocenters. The van der Waals surface area contributed by atoms with Gasteiger partial charge in [0.1, 0.15) is 5.78 Å². The SMILES string of the molecule is CCN(CC)CCCC(C)N1C2CCCC1CC(=O)C2. The zero-order valence-electron chi connectivity index (χ0n) is 13.6. The minimum absolute atomic E-state index is 0.506. The van der Waals surface area contributed by atoms with Gasteiger partial charge in [-0.3, -0.25) is 9.69 Å². The molecule has 3 unspecified atom stereocenters. The molecule has 0 saturated carbocycles. The van der Waals surface area contributed by atoms with Gasteiger partial charge in [0.2, 0.25) is 0 Å². The molecule has 0 radical (unpaired) electrons. The highest BCUT2D eigenvalue weighted by Crippen LogP contribution is 2.34. The summed E-state index contributed by atoms with van der Waals surface area (Å²) in [5.74, 6) is 0.506. The summed E-state index contributed by atoms with van der Waals surface area (Å²) in [5, 5.41) is 0. The highest BCUT2D eigenvalue weighted by molar-refractivity contribution is 5.80. The Bertz CT molecular complexity index is 298. The summed E-state index contributed by atoms with van der Waals surface area (Å²) in [6, 6.07) is 1.76. The van der Waals surface area contributed by atoms with Gasteiger partial charge in [-0.1, -0.05) is 20.3 Å². The lowest BCUT2D eigenvalue weighted by Gasteiger charge is -2.48. The first-order valence-corrected chi connectivity index (χ1v) is 8.67. The predicted molar refractivity (Wildman–Crippen MR) is 84.0 cm³/mol. The molecule has 2 bridgehead atoms. The van der Waals surface area contributed by atoms with E-state index in [4.69, 9.17) is 0 Å². The van der Waals surface area contributed by atoms with Crippen LogP contribution in [-0.4, -0.2) is 53.3 Å². The topological polar surface area (TPSA) is 23.6 Å². The van der Waals surface area contributed by atoms with Crippen molar-refractivity contribution in [3.8, 4) is 0 Å². The number of carbonyl (C=O) groups is 1. The summed E-state index contributed by atoms with van der Waals surface area (Å²) in [4.78, 5) is 17.0. The van der Waals surface area contributed by atoms with Gasteiger partial charge in [-0.25, -0.2) is 0 Å². The van der Waals surface area contributed by atoms with Crippen LogP contribution in [0, 0.1) is 0 Å². The molecule has 0 amide bonds. The number of nitrogens with zero attached hydrogens (tertiary/aromatic N) is 2. The Morgan fingerprint density at radius 3 is 2.35 bits per heavy atom. The van der Waals surface area contributed by atoms with Gasteiger partial charge >= 0.3 is 0 Å². The fraction of sp³-hybridized carbons (Fsp3) is 0.941. The van der Waals surface area contributed by atoms with Crippen LogP contribution in [0.3, 0.4) is 0 Å². The van der Waals surface area contributed by atoms with Crippen molar-refractivity contribution in [3.63, 3.8) is 0 Å². The number of hydrogen-bond donors (Lipinski definition) is 0. The monoisotopic (exact) mass is 280 g/mol. The minimum atomic E-state index is 0.506. The van der Waals surface area contributed by atoms with Crippen LogP contribution in [-0.2, 0) is 4.79 Å². The maximum atomic E-state index is 11.8. The molecular formula is C17H32N2O. The van der Waals surface area contributed by atoms with E-state index in [1.165, 1.54) is 38.6 Å². The number of hydrogen-bond acceptors (Lipinski definition) is 3.